The van der Waals surface area contributed by atoms with Gasteiger partial charge in [0.15, 0.2) is 6.61 Å². The molecular formula is C21H26O3. The standard InChI is InChI=1S/C21H26O3/c1-15(2)16-10-12-17(13-11-16)23-14-20(22)24-19-9-7-6-8-18(19)21(3,4)5/h6-13,15H,14H2,1-5H3. The first-order valence-electron chi connectivity index (χ1n) is 8.30. The zero-order valence-corrected chi connectivity index (χ0v) is 15.1. The maximum atomic E-state index is 12.1. The van der Waals surface area contributed by atoms with E-state index in [0.29, 0.717) is 17.4 Å². The second kappa shape index (κ2) is 7.52. The summed E-state index contributed by atoms with van der Waals surface area (Å²) in [7, 11) is 0. The molecule has 0 atom stereocenters. The Bertz CT molecular complexity index is 679. The minimum absolute atomic E-state index is 0.0928. The molecule has 0 bridgehead atoms. The predicted molar refractivity (Wildman–Crippen MR) is 96.8 cm³/mol. The molecule has 0 saturated carbocycles. The van der Waals surface area contributed by atoms with E-state index < -0.39 is 5.97 Å². The summed E-state index contributed by atoms with van der Waals surface area (Å²) >= 11 is 0. The zero-order valence-electron chi connectivity index (χ0n) is 15.1. The van der Waals surface area contributed by atoms with Gasteiger partial charge >= 0.3 is 5.97 Å². The molecule has 0 aliphatic carbocycles. The van der Waals surface area contributed by atoms with Crippen LogP contribution in [-0.2, 0) is 10.2 Å². The van der Waals surface area contributed by atoms with E-state index in [9.17, 15) is 4.79 Å². The van der Waals surface area contributed by atoms with Gasteiger partial charge in [-0.15, -0.1) is 0 Å². The van der Waals surface area contributed by atoms with Gasteiger partial charge in [-0.1, -0.05) is 65.0 Å². The second-order valence-electron chi connectivity index (χ2n) is 7.23. The molecule has 0 spiro atoms. The summed E-state index contributed by atoms with van der Waals surface area (Å²) in [5.74, 6) is 1.33. The molecular weight excluding hydrogens is 300 g/mol. The molecule has 24 heavy (non-hydrogen) atoms. The van der Waals surface area contributed by atoms with Gasteiger partial charge in [0.25, 0.3) is 0 Å². The lowest BCUT2D eigenvalue weighted by Crippen LogP contribution is -2.20. The molecule has 0 aliphatic rings. The van der Waals surface area contributed by atoms with Gasteiger partial charge in [-0.2, -0.15) is 0 Å². The van der Waals surface area contributed by atoms with E-state index >= 15 is 0 Å². The van der Waals surface area contributed by atoms with E-state index in [4.69, 9.17) is 9.47 Å². The Kier molecular flexibility index (Phi) is 5.66. The summed E-state index contributed by atoms with van der Waals surface area (Å²) < 4.78 is 11.0. The number of rotatable bonds is 5. The smallest absolute Gasteiger partial charge is 0.349 e. The van der Waals surface area contributed by atoms with Gasteiger partial charge in [-0.3, -0.25) is 0 Å². The lowest BCUT2D eigenvalue weighted by molar-refractivity contribution is -0.136. The van der Waals surface area contributed by atoms with Crippen LogP contribution in [-0.4, -0.2) is 12.6 Å². The van der Waals surface area contributed by atoms with Crippen LogP contribution in [0.3, 0.4) is 0 Å². The molecule has 0 radical (unpaired) electrons. The summed E-state index contributed by atoms with van der Waals surface area (Å²) in [5, 5.41) is 0. The van der Waals surface area contributed by atoms with Crippen molar-refractivity contribution in [1.29, 1.82) is 0 Å². The number of hydrogen-bond donors (Lipinski definition) is 0. The number of carbonyl (C=O) groups is 1. The van der Waals surface area contributed by atoms with E-state index in [1.165, 1.54) is 5.56 Å². The Labute approximate surface area is 144 Å². The molecule has 0 aromatic heterocycles. The fraction of sp³-hybridized carbons (Fsp3) is 0.381. The van der Waals surface area contributed by atoms with Crippen LogP contribution >= 0.6 is 0 Å². The molecule has 0 saturated heterocycles. The van der Waals surface area contributed by atoms with Crippen molar-refractivity contribution >= 4 is 5.97 Å². The lowest BCUT2D eigenvalue weighted by atomic mass is 9.86. The minimum atomic E-state index is -0.403. The molecule has 0 heterocycles. The van der Waals surface area contributed by atoms with E-state index in [2.05, 4.69) is 34.6 Å². The molecule has 3 nitrogen and oxygen atoms in total. The van der Waals surface area contributed by atoms with Crippen molar-refractivity contribution in [2.24, 2.45) is 0 Å². The average Bonchev–Trinajstić information content (AvgIpc) is 2.53. The van der Waals surface area contributed by atoms with Gasteiger partial charge in [0.05, 0.1) is 0 Å². The average molecular weight is 326 g/mol. The zero-order chi connectivity index (χ0) is 17.7. The predicted octanol–water partition coefficient (Wildman–Crippen LogP) is 5.09. The topological polar surface area (TPSA) is 35.5 Å². The number of para-hydroxylation sites is 1. The Morgan fingerprint density at radius 1 is 1.00 bits per heavy atom. The van der Waals surface area contributed by atoms with Crippen LogP contribution in [0.4, 0.5) is 0 Å². The van der Waals surface area contributed by atoms with Gasteiger partial charge in [-0.05, 0) is 35.1 Å². The Balaban J connectivity index is 1.97. The van der Waals surface area contributed by atoms with Gasteiger partial charge in [0.1, 0.15) is 11.5 Å². The van der Waals surface area contributed by atoms with Crippen molar-refractivity contribution in [3.63, 3.8) is 0 Å². The maximum absolute atomic E-state index is 12.1. The SMILES string of the molecule is CC(C)c1ccc(OCC(=O)Oc2ccccc2C(C)(C)C)cc1. The molecule has 2 rings (SSSR count). The highest BCUT2D eigenvalue weighted by molar-refractivity contribution is 5.74. The summed E-state index contributed by atoms with van der Waals surface area (Å²) in [4.78, 5) is 12.1. The third-order valence-electron chi connectivity index (χ3n) is 3.82. The molecule has 0 aliphatic heterocycles. The van der Waals surface area contributed by atoms with Crippen LogP contribution in [0.5, 0.6) is 11.5 Å². The van der Waals surface area contributed by atoms with E-state index in [-0.39, 0.29) is 12.0 Å². The lowest BCUT2D eigenvalue weighted by Gasteiger charge is -2.22. The molecule has 128 valence electrons. The maximum Gasteiger partial charge on any atom is 0.349 e. The number of ether oxygens (including phenoxy) is 2. The van der Waals surface area contributed by atoms with Crippen molar-refractivity contribution in [3.05, 3.63) is 59.7 Å². The van der Waals surface area contributed by atoms with Crippen molar-refractivity contribution in [2.45, 2.75) is 46.0 Å². The van der Waals surface area contributed by atoms with Crippen LogP contribution < -0.4 is 9.47 Å². The first-order valence-corrected chi connectivity index (χ1v) is 8.30. The van der Waals surface area contributed by atoms with Gasteiger partial charge in [0.2, 0.25) is 0 Å². The molecule has 0 amide bonds. The largest absolute Gasteiger partial charge is 0.482 e. The summed E-state index contributed by atoms with van der Waals surface area (Å²) in [6.07, 6.45) is 0. The quantitative estimate of drug-likeness (QED) is 0.567. The number of esters is 1. The first-order chi connectivity index (χ1) is 11.3. The van der Waals surface area contributed by atoms with Gasteiger partial charge < -0.3 is 9.47 Å². The van der Waals surface area contributed by atoms with Crippen LogP contribution in [0.1, 0.15) is 51.7 Å². The minimum Gasteiger partial charge on any atom is -0.482 e. The van der Waals surface area contributed by atoms with E-state index in [0.717, 1.165) is 5.56 Å². The van der Waals surface area contributed by atoms with Gasteiger partial charge in [0, 0.05) is 5.56 Å². The summed E-state index contributed by atoms with van der Waals surface area (Å²) in [5.41, 5.74) is 2.15. The highest BCUT2D eigenvalue weighted by atomic mass is 16.6. The fourth-order valence-corrected chi connectivity index (χ4v) is 2.42. The van der Waals surface area contributed by atoms with E-state index in [1.54, 1.807) is 0 Å². The number of carbonyl (C=O) groups excluding carboxylic acids is 1. The second-order valence-corrected chi connectivity index (χ2v) is 7.23. The van der Waals surface area contributed by atoms with Gasteiger partial charge in [-0.25, -0.2) is 4.79 Å². The van der Waals surface area contributed by atoms with Crippen molar-refractivity contribution in [1.82, 2.24) is 0 Å². The molecule has 2 aromatic carbocycles. The normalized spacial score (nSPS) is 11.4. The van der Waals surface area contributed by atoms with E-state index in [1.807, 2.05) is 48.5 Å². The molecule has 3 heteroatoms. The van der Waals surface area contributed by atoms with Crippen molar-refractivity contribution in [2.75, 3.05) is 6.61 Å². The Morgan fingerprint density at radius 2 is 1.62 bits per heavy atom. The summed E-state index contributed by atoms with van der Waals surface area (Å²) in [6, 6.07) is 15.4. The monoisotopic (exact) mass is 326 g/mol. The highest BCUT2D eigenvalue weighted by Gasteiger charge is 2.20. The molecule has 0 N–H and O–H groups in total. The van der Waals surface area contributed by atoms with Crippen LogP contribution in [0.25, 0.3) is 0 Å². The number of benzene rings is 2. The highest BCUT2D eigenvalue weighted by Crippen LogP contribution is 2.31. The third kappa shape index (κ3) is 4.85. The number of hydrogen-bond acceptors (Lipinski definition) is 3. The first kappa shape index (κ1) is 18.1. The third-order valence-corrected chi connectivity index (χ3v) is 3.82. The van der Waals surface area contributed by atoms with Crippen molar-refractivity contribution in [3.8, 4) is 11.5 Å². The fourth-order valence-electron chi connectivity index (χ4n) is 2.42. The molecule has 0 fully saturated rings. The molecule has 0 unspecified atom stereocenters. The van der Waals surface area contributed by atoms with Crippen molar-refractivity contribution < 1.29 is 14.3 Å². The molecule has 2 aromatic rings. The van der Waals surface area contributed by atoms with Crippen LogP contribution in [0.15, 0.2) is 48.5 Å². The summed E-state index contributed by atoms with van der Waals surface area (Å²) in [6.45, 7) is 10.4. The Morgan fingerprint density at radius 3 is 2.21 bits per heavy atom. The Hall–Kier alpha value is -2.29. The van der Waals surface area contributed by atoms with Crippen LogP contribution in [0, 0.1) is 0 Å². The van der Waals surface area contributed by atoms with Crippen LogP contribution in [0.2, 0.25) is 0 Å².